The first kappa shape index (κ1) is 29.6. The quantitative estimate of drug-likeness (QED) is 0.148. The fraction of sp³-hybridized carbons (Fsp3) is 0.200. The first-order valence-electron chi connectivity index (χ1n) is 11.9. The number of sulfonamides is 1. The van der Waals surface area contributed by atoms with Crippen molar-refractivity contribution in [2.45, 2.75) is 23.8 Å². The minimum absolute atomic E-state index is 0.0173. The lowest BCUT2D eigenvalue weighted by Gasteiger charge is -2.14. The molecule has 0 aliphatic heterocycles. The topological polar surface area (TPSA) is 198 Å². The van der Waals surface area contributed by atoms with Gasteiger partial charge in [-0.2, -0.15) is 18.2 Å². The van der Waals surface area contributed by atoms with E-state index in [-0.39, 0.29) is 39.8 Å². The SMILES string of the molecule is N[C@H](CO)NC(=O)c1ccc(-c2ccc3nc(NCc4ccc(S(N)(=O)=O)cc4)nc(NCC(F)(F)F)c3n2)cc1. The smallest absolute Gasteiger partial charge is 0.393 e. The van der Waals surface area contributed by atoms with E-state index in [9.17, 15) is 26.4 Å². The zero-order valence-electron chi connectivity index (χ0n) is 21.2. The van der Waals surface area contributed by atoms with Gasteiger partial charge < -0.3 is 26.8 Å². The van der Waals surface area contributed by atoms with Crippen LogP contribution >= 0.6 is 0 Å². The number of nitrogens with two attached hydrogens (primary N) is 2. The van der Waals surface area contributed by atoms with Crippen LogP contribution < -0.4 is 26.8 Å². The summed E-state index contributed by atoms with van der Waals surface area (Å²) < 4.78 is 62.0. The maximum Gasteiger partial charge on any atom is 0.405 e. The Morgan fingerprint density at radius 2 is 1.63 bits per heavy atom. The number of fused-ring (bicyclic) bond motifs is 1. The summed E-state index contributed by atoms with van der Waals surface area (Å²) in [6, 6.07) is 15.2. The molecule has 0 spiro atoms. The number of hydrogen-bond donors (Lipinski definition) is 6. The molecule has 0 unspecified atom stereocenters. The van der Waals surface area contributed by atoms with E-state index in [1.807, 2.05) is 0 Å². The van der Waals surface area contributed by atoms with Crippen LogP contribution in [0.25, 0.3) is 22.3 Å². The number of alkyl halides is 3. The Bertz CT molecular complexity index is 1650. The van der Waals surface area contributed by atoms with Crippen LogP contribution in [0.2, 0.25) is 0 Å². The van der Waals surface area contributed by atoms with Crippen molar-refractivity contribution >= 4 is 38.7 Å². The summed E-state index contributed by atoms with van der Waals surface area (Å²) in [6.07, 6.45) is -5.44. The normalized spacial score (nSPS) is 12.6. The number of nitrogens with zero attached hydrogens (tertiary/aromatic N) is 3. The molecule has 8 N–H and O–H groups in total. The van der Waals surface area contributed by atoms with Crippen LogP contribution in [0.5, 0.6) is 0 Å². The highest BCUT2D eigenvalue weighted by molar-refractivity contribution is 7.89. The molecule has 216 valence electrons. The van der Waals surface area contributed by atoms with Crippen molar-refractivity contribution in [1.82, 2.24) is 20.3 Å². The zero-order valence-corrected chi connectivity index (χ0v) is 22.0. The minimum Gasteiger partial charge on any atom is -0.393 e. The molecule has 16 heteroatoms. The second-order valence-corrected chi connectivity index (χ2v) is 10.4. The van der Waals surface area contributed by atoms with Gasteiger partial charge in [0.2, 0.25) is 16.0 Å². The summed E-state index contributed by atoms with van der Waals surface area (Å²) in [7, 11) is -3.85. The number of aliphatic hydroxyl groups is 1. The van der Waals surface area contributed by atoms with Gasteiger partial charge in [0.1, 0.15) is 18.2 Å². The predicted octanol–water partition coefficient (Wildman–Crippen LogP) is 1.93. The van der Waals surface area contributed by atoms with E-state index in [2.05, 4.69) is 30.9 Å². The van der Waals surface area contributed by atoms with Crippen LogP contribution in [0.4, 0.5) is 24.9 Å². The van der Waals surface area contributed by atoms with Crippen molar-refractivity contribution in [3.05, 3.63) is 71.8 Å². The number of carbonyl (C=O) groups excluding carboxylic acids is 1. The van der Waals surface area contributed by atoms with Crippen molar-refractivity contribution in [2.75, 3.05) is 23.8 Å². The standard InChI is InChI=1S/C25H25F3N8O4S/c26-25(27,28)13-32-22-21-19(34-24(36-22)31-11-14-1-7-17(8-2-14)41(30,39)40)10-9-18(33-21)15-3-5-16(6-4-15)23(38)35-20(29)12-37/h1-10,20,37H,11-13,29H2,(H,35,38)(H2,30,39,40)(H2,31,32,34,36)/t20-/m0/s1. The molecular formula is C25H25F3N8O4S. The number of rotatable bonds is 10. The van der Waals surface area contributed by atoms with Gasteiger partial charge in [-0.15, -0.1) is 0 Å². The van der Waals surface area contributed by atoms with Crippen molar-refractivity contribution in [3.63, 3.8) is 0 Å². The summed E-state index contributed by atoms with van der Waals surface area (Å²) in [4.78, 5) is 25.1. The van der Waals surface area contributed by atoms with Gasteiger partial charge in [0.15, 0.2) is 5.82 Å². The number of benzene rings is 2. The molecule has 2 heterocycles. The lowest BCUT2D eigenvalue weighted by Crippen LogP contribution is -2.44. The number of aromatic nitrogens is 3. The van der Waals surface area contributed by atoms with E-state index in [0.29, 0.717) is 16.8 Å². The first-order valence-corrected chi connectivity index (χ1v) is 13.5. The number of aliphatic hydroxyl groups excluding tert-OH is 1. The Morgan fingerprint density at radius 1 is 0.951 bits per heavy atom. The Morgan fingerprint density at radius 3 is 2.24 bits per heavy atom. The average Bonchev–Trinajstić information content (AvgIpc) is 2.93. The molecule has 1 atom stereocenters. The number of carbonyl (C=O) groups is 1. The number of primary sulfonamides is 1. The molecule has 41 heavy (non-hydrogen) atoms. The average molecular weight is 591 g/mol. The molecule has 2 aromatic carbocycles. The number of halogens is 3. The summed E-state index contributed by atoms with van der Waals surface area (Å²) in [5, 5.41) is 21.7. The van der Waals surface area contributed by atoms with E-state index in [0.717, 1.165) is 0 Å². The summed E-state index contributed by atoms with van der Waals surface area (Å²) in [5.41, 5.74) is 7.76. The molecule has 0 saturated heterocycles. The van der Waals surface area contributed by atoms with Gasteiger partial charge in [-0.05, 0) is 42.0 Å². The van der Waals surface area contributed by atoms with Gasteiger partial charge in [0.25, 0.3) is 5.91 Å². The van der Waals surface area contributed by atoms with E-state index >= 15 is 0 Å². The second-order valence-electron chi connectivity index (χ2n) is 8.81. The van der Waals surface area contributed by atoms with Crippen LogP contribution in [0.15, 0.2) is 65.6 Å². The van der Waals surface area contributed by atoms with Crippen molar-refractivity contribution in [3.8, 4) is 11.3 Å². The monoisotopic (exact) mass is 590 g/mol. The number of pyridine rings is 1. The number of anilines is 2. The largest absolute Gasteiger partial charge is 0.405 e. The number of amides is 1. The molecule has 4 rings (SSSR count). The number of hydrogen-bond acceptors (Lipinski definition) is 10. The number of nitrogens with one attached hydrogen (secondary N) is 3. The second kappa shape index (κ2) is 12.0. The highest BCUT2D eigenvalue weighted by Gasteiger charge is 2.27. The van der Waals surface area contributed by atoms with Gasteiger partial charge in [0, 0.05) is 17.7 Å². The fourth-order valence-corrected chi connectivity index (χ4v) is 4.14. The van der Waals surface area contributed by atoms with Gasteiger partial charge in [-0.1, -0.05) is 24.3 Å². The first-order chi connectivity index (χ1) is 19.3. The van der Waals surface area contributed by atoms with Gasteiger partial charge in [0.05, 0.1) is 22.7 Å². The van der Waals surface area contributed by atoms with Gasteiger partial charge >= 0.3 is 6.18 Å². The molecule has 0 aliphatic carbocycles. The lowest BCUT2D eigenvalue weighted by molar-refractivity contribution is -0.115. The third kappa shape index (κ3) is 7.85. The van der Waals surface area contributed by atoms with Crippen LogP contribution in [-0.2, 0) is 16.6 Å². The molecule has 0 fully saturated rings. The van der Waals surface area contributed by atoms with Crippen molar-refractivity contribution in [1.29, 1.82) is 0 Å². The van der Waals surface area contributed by atoms with Crippen LogP contribution in [0, 0.1) is 0 Å². The summed E-state index contributed by atoms with van der Waals surface area (Å²) >= 11 is 0. The van der Waals surface area contributed by atoms with Crippen molar-refractivity contribution < 1.29 is 31.5 Å². The Kier molecular flexibility index (Phi) is 8.67. The molecule has 4 aromatic rings. The van der Waals surface area contributed by atoms with Crippen LogP contribution in [0.1, 0.15) is 15.9 Å². The molecule has 1 amide bonds. The van der Waals surface area contributed by atoms with Crippen LogP contribution in [-0.4, -0.2) is 59.9 Å². The lowest BCUT2D eigenvalue weighted by atomic mass is 10.1. The minimum atomic E-state index is -4.53. The van der Waals surface area contributed by atoms with Crippen molar-refractivity contribution in [2.24, 2.45) is 10.9 Å². The van der Waals surface area contributed by atoms with E-state index in [1.165, 1.54) is 36.4 Å². The molecule has 2 aromatic heterocycles. The molecule has 12 nitrogen and oxygen atoms in total. The van der Waals surface area contributed by atoms with E-state index in [1.54, 1.807) is 24.3 Å². The molecule has 0 radical (unpaired) electrons. The zero-order chi connectivity index (χ0) is 29.8. The third-order valence-electron chi connectivity index (χ3n) is 5.66. The van der Waals surface area contributed by atoms with E-state index in [4.69, 9.17) is 16.0 Å². The fourth-order valence-electron chi connectivity index (χ4n) is 3.63. The molecule has 0 bridgehead atoms. The Hall–Kier alpha value is -4.38. The van der Waals surface area contributed by atoms with E-state index < -0.39 is 41.4 Å². The summed E-state index contributed by atoms with van der Waals surface area (Å²) in [6.45, 7) is -1.65. The van der Waals surface area contributed by atoms with Gasteiger partial charge in [-0.3, -0.25) is 4.79 Å². The van der Waals surface area contributed by atoms with Gasteiger partial charge in [-0.25, -0.2) is 23.5 Å². The molecular weight excluding hydrogens is 565 g/mol. The predicted molar refractivity (Wildman–Crippen MR) is 145 cm³/mol. The highest BCUT2D eigenvalue weighted by atomic mass is 32.2. The highest BCUT2D eigenvalue weighted by Crippen LogP contribution is 2.27. The summed E-state index contributed by atoms with van der Waals surface area (Å²) in [5.74, 6) is -0.629. The Labute approximate surface area is 232 Å². The maximum atomic E-state index is 13.0. The maximum absolute atomic E-state index is 13.0. The Balaban J connectivity index is 1.61. The van der Waals surface area contributed by atoms with Crippen LogP contribution in [0.3, 0.4) is 0 Å². The third-order valence-corrected chi connectivity index (χ3v) is 6.59. The molecule has 0 saturated carbocycles. The molecule has 0 aliphatic rings.